The number of hydrogen-bond acceptors (Lipinski definition) is 9. The number of anilines is 1. The molecule has 0 aliphatic heterocycles. The molecule has 9 nitrogen and oxygen atoms in total. The van der Waals surface area contributed by atoms with Crippen LogP contribution in [0, 0.1) is 5.82 Å². The number of nitrogens with one attached hydrogen (secondary N) is 1. The number of hydrogen-bond donors (Lipinski definition) is 1. The Kier molecular flexibility index (Phi) is 7.12. The molecule has 0 bridgehead atoms. The van der Waals surface area contributed by atoms with Crippen LogP contribution in [0.4, 0.5) is 10.1 Å². The summed E-state index contributed by atoms with van der Waals surface area (Å²) in [5.41, 5.74) is 0.409. The summed E-state index contributed by atoms with van der Waals surface area (Å²) in [5, 5.41) is 2.18. The quantitative estimate of drug-likeness (QED) is 0.249. The summed E-state index contributed by atoms with van der Waals surface area (Å²) in [6.45, 7) is 0. The first-order valence-electron chi connectivity index (χ1n) is 10.0. The zero-order valence-corrected chi connectivity index (χ0v) is 20.1. The van der Waals surface area contributed by atoms with E-state index < -0.39 is 26.6 Å². The van der Waals surface area contributed by atoms with Gasteiger partial charge in [-0.2, -0.15) is 4.98 Å². The minimum absolute atomic E-state index is 0.0737. The van der Waals surface area contributed by atoms with Crippen LogP contribution in [0.5, 0.6) is 11.5 Å². The molecule has 0 atom stereocenters. The van der Waals surface area contributed by atoms with Crippen molar-refractivity contribution in [2.24, 2.45) is 0 Å². The Morgan fingerprint density at radius 2 is 1.89 bits per heavy atom. The molecule has 0 fully saturated rings. The van der Waals surface area contributed by atoms with Crippen LogP contribution in [0.2, 0.25) is 0 Å². The van der Waals surface area contributed by atoms with Gasteiger partial charge in [-0.15, -0.1) is 0 Å². The average molecular weight is 519 g/mol. The Morgan fingerprint density at radius 3 is 2.54 bits per heavy atom. The maximum absolute atomic E-state index is 13.3. The molecule has 2 aromatic carbocycles. The van der Waals surface area contributed by atoms with E-state index in [1.807, 2.05) is 0 Å². The molecule has 182 valence electrons. The van der Waals surface area contributed by atoms with Gasteiger partial charge in [-0.05, 0) is 48.5 Å². The molecule has 4 aromatic rings. The molecule has 1 amide bonds. The van der Waals surface area contributed by atoms with Gasteiger partial charge in [0.2, 0.25) is 25.9 Å². The summed E-state index contributed by atoms with van der Waals surface area (Å²) in [6.07, 6.45) is 1.39. The molecule has 0 radical (unpaired) electrons. The molecule has 2 aromatic heterocycles. The fourth-order valence-corrected chi connectivity index (χ4v) is 5.33. The molecule has 0 saturated carbocycles. The van der Waals surface area contributed by atoms with Crippen molar-refractivity contribution in [1.82, 2.24) is 4.98 Å². The van der Waals surface area contributed by atoms with Gasteiger partial charge in [-0.25, -0.2) is 12.8 Å². The van der Waals surface area contributed by atoms with Gasteiger partial charge in [-0.1, -0.05) is 11.8 Å². The third kappa shape index (κ3) is 5.33. The van der Waals surface area contributed by atoms with Crippen LogP contribution in [0.25, 0.3) is 11.7 Å². The van der Waals surface area contributed by atoms with Crippen molar-refractivity contribution in [3.8, 4) is 23.1 Å². The van der Waals surface area contributed by atoms with Gasteiger partial charge >= 0.3 is 0 Å². The summed E-state index contributed by atoms with van der Waals surface area (Å²) in [6, 6.07) is 12.4. The van der Waals surface area contributed by atoms with Gasteiger partial charge in [0.15, 0.2) is 5.76 Å². The second-order valence-electron chi connectivity index (χ2n) is 6.95. The second-order valence-corrected chi connectivity index (χ2v) is 9.76. The Hall–Kier alpha value is -3.77. The van der Waals surface area contributed by atoms with E-state index in [-0.39, 0.29) is 27.4 Å². The van der Waals surface area contributed by atoms with Crippen LogP contribution >= 0.6 is 11.8 Å². The normalized spacial score (nSPS) is 11.3. The summed E-state index contributed by atoms with van der Waals surface area (Å²) >= 11 is 0.837. The zero-order chi connectivity index (χ0) is 25.0. The summed E-state index contributed by atoms with van der Waals surface area (Å²) in [7, 11) is -1.22. The minimum Gasteiger partial charge on any atom is -0.497 e. The Balaban J connectivity index is 1.59. The zero-order valence-electron chi connectivity index (χ0n) is 18.5. The first kappa shape index (κ1) is 24.4. The molecular formula is C23H19FN2O7S2. The van der Waals surface area contributed by atoms with E-state index in [4.69, 9.17) is 18.3 Å². The van der Waals surface area contributed by atoms with Gasteiger partial charge in [0.25, 0.3) is 5.89 Å². The summed E-state index contributed by atoms with van der Waals surface area (Å²) in [5.74, 6) is -0.150. The molecule has 2 heterocycles. The van der Waals surface area contributed by atoms with Crippen molar-refractivity contribution in [3.05, 3.63) is 66.7 Å². The van der Waals surface area contributed by atoms with E-state index in [0.717, 1.165) is 36.0 Å². The van der Waals surface area contributed by atoms with Gasteiger partial charge in [0.1, 0.15) is 17.3 Å². The van der Waals surface area contributed by atoms with E-state index in [1.165, 1.54) is 20.5 Å². The molecule has 0 spiro atoms. The van der Waals surface area contributed by atoms with Crippen LogP contribution in [-0.4, -0.2) is 39.3 Å². The number of ether oxygens (including phenoxy) is 2. The van der Waals surface area contributed by atoms with Crippen molar-refractivity contribution in [1.29, 1.82) is 0 Å². The number of halogens is 1. The van der Waals surface area contributed by atoms with E-state index in [1.54, 1.807) is 30.3 Å². The fraction of sp³-hybridized carbons (Fsp3) is 0.130. The lowest BCUT2D eigenvalue weighted by Gasteiger charge is -2.11. The molecule has 35 heavy (non-hydrogen) atoms. The first-order valence-corrected chi connectivity index (χ1v) is 12.5. The lowest BCUT2D eigenvalue weighted by molar-refractivity contribution is -0.113. The molecule has 0 saturated heterocycles. The molecule has 0 unspecified atom stereocenters. The highest BCUT2D eigenvalue weighted by molar-refractivity contribution is 8.00. The molecule has 0 aliphatic carbocycles. The number of carbonyl (C=O) groups excluding carboxylic acids is 1. The second kappa shape index (κ2) is 10.2. The third-order valence-corrected chi connectivity index (χ3v) is 7.45. The largest absolute Gasteiger partial charge is 0.497 e. The monoisotopic (exact) mass is 518 g/mol. The van der Waals surface area contributed by atoms with Gasteiger partial charge in [-0.3, -0.25) is 4.79 Å². The van der Waals surface area contributed by atoms with E-state index in [0.29, 0.717) is 17.2 Å². The summed E-state index contributed by atoms with van der Waals surface area (Å²) < 4.78 is 61.1. The number of benzene rings is 2. The van der Waals surface area contributed by atoms with E-state index in [9.17, 15) is 17.6 Å². The van der Waals surface area contributed by atoms with Crippen LogP contribution in [0.15, 0.2) is 84.7 Å². The number of carbonyl (C=O) groups is 1. The number of furan rings is 1. The Labute approximate surface area is 204 Å². The van der Waals surface area contributed by atoms with Crippen molar-refractivity contribution in [2.45, 2.75) is 15.0 Å². The van der Waals surface area contributed by atoms with Crippen LogP contribution in [-0.2, 0) is 14.6 Å². The van der Waals surface area contributed by atoms with Gasteiger partial charge in [0.05, 0.1) is 36.8 Å². The molecule has 12 heteroatoms. The molecule has 4 rings (SSSR count). The predicted octanol–water partition coefficient (Wildman–Crippen LogP) is 4.65. The maximum Gasteiger partial charge on any atom is 0.265 e. The van der Waals surface area contributed by atoms with Crippen molar-refractivity contribution < 1.29 is 35.9 Å². The number of rotatable bonds is 9. The van der Waals surface area contributed by atoms with Gasteiger partial charge in [0, 0.05) is 6.07 Å². The SMILES string of the molecule is COc1ccc(NC(=O)CSc2oc(-c3ccco3)nc2S(=O)(=O)c2ccc(F)cc2)c(OC)c1. The van der Waals surface area contributed by atoms with Crippen molar-refractivity contribution >= 4 is 33.2 Å². The highest BCUT2D eigenvalue weighted by atomic mass is 32.2. The Bertz CT molecular complexity index is 1430. The van der Waals surface area contributed by atoms with Gasteiger partial charge < -0.3 is 23.6 Å². The molecule has 0 aliphatic rings. The fourth-order valence-electron chi connectivity index (χ4n) is 3.00. The maximum atomic E-state index is 13.3. The number of methoxy groups -OCH3 is 2. The number of thioether (sulfide) groups is 1. The van der Waals surface area contributed by atoms with E-state index in [2.05, 4.69) is 10.3 Å². The first-order chi connectivity index (χ1) is 16.8. The van der Waals surface area contributed by atoms with Crippen LogP contribution < -0.4 is 14.8 Å². The topological polar surface area (TPSA) is 121 Å². The number of sulfone groups is 1. The minimum atomic E-state index is -4.18. The lowest BCUT2D eigenvalue weighted by atomic mass is 10.2. The van der Waals surface area contributed by atoms with Crippen LogP contribution in [0.3, 0.4) is 0 Å². The molecular weight excluding hydrogens is 499 g/mol. The van der Waals surface area contributed by atoms with Crippen molar-refractivity contribution in [2.75, 3.05) is 25.3 Å². The average Bonchev–Trinajstić information content (AvgIpc) is 3.54. The number of aromatic nitrogens is 1. The lowest BCUT2D eigenvalue weighted by Crippen LogP contribution is -2.15. The highest BCUT2D eigenvalue weighted by Crippen LogP contribution is 2.35. The number of nitrogens with zero attached hydrogens (tertiary/aromatic N) is 1. The summed E-state index contributed by atoms with van der Waals surface area (Å²) in [4.78, 5) is 16.6. The standard InChI is InChI=1S/C23H19FN2O7S2/c1-30-15-7-10-17(19(12-15)31-2)25-20(27)13-34-23-22(26-21(33-23)18-4-3-11-32-18)35(28,29)16-8-5-14(24)6-9-16/h3-12H,13H2,1-2H3,(H,25,27). The highest BCUT2D eigenvalue weighted by Gasteiger charge is 2.30. The third-order valence-electron chi connectivity index (χ3n) is 4.69. The molecule has 1 N–H and O–H groups in total. The predicted molar refractivity (Wildman–Crippen MR) is 125 cm³/mol. The number of oxazole rings is 1. The Morgan fingerprint density at radius 1 is 1.11 bits per heavy atom. The smallest absolute Gasteiger partial charge is 0.265 e. The van der Waals surface area contributed by atoms with E-state index >= 15 is 0 Å². The van der Waals surface area contributed by atoms with Crippen LogP contribution in [0.1, 0.15) is 0 Å². The number of amides is 1. The van der Waals surface area contributed by atoms with Crippen molar-refractivity contribution in [3.63, 3.8) is 0 Å².